The molecule has 2 aromatic rings. The summed E-state index contributed by atoms with van der Waals surface area (Å²) in [6.07, 6.45) is -0.388. The second-order valence-corrected chi connectivity index (χ2v) is 6.75. The van der Waals surface area contributed by atoms with Crippen LogP contribution >= 0.6 is 0 Å². The predicted octanol–water partition coefficient (Wildman–Crippen LogP) is 4.22. The van der Waals surface area contributed by atoms with Crippen molar-refractivity contribution in [3.05, 3.63) is 53.3 Å². The number of hydrogen-bond donors (Lipinski definition) is 1. The van der Waals surface area contributed by atoms with Crippen molar-refractivity contribution in [2.45, 2.75) is 26.4 Å². The third kappa shape index (κ3) is 2.82. The topological polar surface area (TPSA) is 61.6 Å². The Hall–Kier alpha value is -2.56. The van der Waals surface area contributed by atoms with Crippen molar-refractivity contribution in [1.29, 1.82) is 0 Å². The third-order valence-electron chi connectivity index (χ3n) is 4.50. The molecule has 2 N–H and O–H groups in total. The van der Waals surface area contributed by atoms with Gasteiger partial charge in [0.25, 0.3) is 0 Å². The van der Waals surface area contributed by atoms with E-state index in [4.69, 9.17) is 15.2 Å². The van der Waals surface area contributed by atoms with Crippen LogP contribution in [0.1, 0.15) is 31.1 Å². The van der Waals surface area contributed by atoms with Gasteiger partial charge in [-0.3, -0.25) is 0 Å². The fourth-order valence-electron chi connectivity index (χ4n) is 3.38. The minimum absolute atomic E-state index is 0.218. The zero-order valence-electron chi connectivity index (χ0n) is 13.9. The first-order valence-corrected chi connectivity index (χ1v) is 7.74. The van der Waals surface area contributed by atoms with E-state index in [2.05, 4.69) is 0 Å². The summed E-state index contributed by atoms with van der Waals surface area (Å²) >= 11 is 0. The smallest absolute Gasteiger partial charge is 0.405 e. The summed E-state index contributed by atoms with van der Waals surface area (Å²) in [7, 11) is 1.44. The van der Waals surface area contributed by atoms with E-state index in [0.29, 0.717) is 0 Å². The van der Waals surface area contributed by atoms with E-state index < -0.39 is 11.9 Å². The SMILES string of the molecule is COc1ccc(-c2ccc3c(c2)CC(C)(C)[C@H]3OC(N)=O)cc1F. The highest BCUT2D eigenvalue weighted by Gasteiger charge is 2.41. The Balaban J connectivity index is 1.99. The largest absolute Gasteiger partial charge is 0.494 e. The number of nitrogens with two attached hydrogens (primary N) is 1. The van der Waals surface area contributed by atoms with Crippen molar-refractivity contribution >= 4 is 6.09 Å². The van der Waals surface area contributed by atoms with E-state index in [-0.39, 0.29) is 17.3 Å². The van der Waals surface area contributed by atoms with Crippen molar-refractivity contribution in [3.63, 3.8) is 0 Å². The van der Waals surface area contributed by atoms with Crippen LogP contribution in [0.5, 0.6) is 5.75 Å². The Labute approximate surface area is 140 Å². The molecule has 2 aromatic carbocycles. The lowest BCUT2D eigenvalue weighted by atomic mass is 9.87. The van der Waals surface area contributed by atoms with Crippen LogP contribution in [0, 0.1) is 11.2 Å². The molecule has 1 amide bonds. The summed E-state index contributed by atoms with van der Waals surface area (Å²) in [6, 6.07) is 10.7. The average molecular weight is 329 g/mol. The molecule has 0 unspecified atom stereocenters. The van der Waals surface area contributed by atoms with Crippen LogP contribution in [0.15, 0.2) is 36.4 Å². The number of halogens is 1. The maximum absolute atomic E-state index is 13.9. The van der Waals surface area contributed by atoms with Crippen molar-refractivity contribution in [1.82, 2.24) is 0 Å². The highest BCUT2D eigenvalue weighted by Crippen LogP contribution is 2.48. The van der Waals surface area contributed by atoms with Gasteiger partial charge in [-0.15, -0.1) is 0 Å². The van der Waals surface area contributed by atoms with E-state index in [9.17, 15) is 9.18 Å². The average Bonchev–Trinajstić information content (AvgIpc) is 2.76. The molecular weight excluding hydrogens is 309 g/mol. The van der Waals surface area contributed by atoms with Crippen LogP contribution in [0.3, 0.4) is 0 Å². The van der Waals surface area contributed by atoms with E-state index in [1.165, 1.54) is 13.2 Å². The van der Waals surface area contributed by atoms with Crippen LogP contribution in [-0.4, -0.2) is 13.2 Å². The summed E-state index contributed by atoms with van der Waals surface area (Å²) in [4.78, 5) is 11.2. The normalized spacial score (nSPS) is 18.1. The highest BCUT2D eigenvalue weighted by molar-refractivity contribution is 5.68. The molecule has 0 saturated heterocycles. The van der Waals surface area contributed by atoms with E-state index in [1.807, 2.05) is 38.1 Å². The Kier molecular flexibility index (Phi) is 3.95. The van der Waals surface area contributed by atoms with E-state index >= 15 is 0 Å². The molecular formula is C19H20FNO3. The molecule has 126 valence electrons. The second-order valence-electron chi connectivity index (χ2n) is 6.75. The molecule has 0 radical (unpaired) electrons. The molecule has 4 nitrogen and oxygen atoms in total. The van der Waals surface area contributed by atoms with Crippen LogP contribution in [0.2, 0.25) is 0 Å². The predicted molar refractivity (Wildman–Crippen MR) is 89.3 cm³/mol. The Morgan fingerprint density at radius 3 is 2.50 bits per heavy atom. The minimum atomic E-state index is -0.776. The summed E-state index contributed by atoms with van der Waals surface area (Å²) in [5, 5.41) is 0. The second kappa shape index (κ2) is 5.82. The maximum atomic E-state index is 13.9. The van der Waals surface area contributed by atoms with Crippen molar-refractivity contribution in [3.8, 4) is 16.9 Å². The van der Waals surface area contributed by atoms with Gasteiger partial charge in [-0.1, -0.05) is 38.1 Å². The number of methoxy groups -OCH3 is 1. The monoisotopic (exact) mass is 329 g/mol. The number of hydrogen-bond acceptors (Lipinski definition) is 3. The molecule has 5 heteroatoms. The van der Waals surface area contributed by atoms with Gasteiger partial charge in [0.15, 0.2) is 11.6 Å². The van der Waals surface area contributed by atoms with Crippen molar-refractivity contribution < 1.29 is 18.7 Å². The summed E-state index contributed by atoms with van der Waals surface area (Å²) in [5.74, 6) is -0.179. The van der Waals surface area contributed by atoms with Crippen LogP contribution in [0.4, 0.5) is 9.18 Å². The molecule has 0 saturated carbocycles. The lowest BCUT2D eigenvalue weighted by Crippen LogP contribution is -2.25. The number of primary amides is 1. The standard InChI is InChI=1S/C19H20FNO3/c1-19(2)10-13-8-11(4-6-14(13)17(19)24-18(21)22)12-5-7-16(23-3)15(20)9-12/h4-9,17H,10H2,1-3H3,(H2,21,22)/t17-/m0/s1. The molecule has 1 aliphatic rings. The quantitative estimate of drug-likeness (QED) is 0.917. The number of fused-ring (bicyclic) bond motifs is 1. The molecule has 3 rings (SSSR count). The first kappa shape index (κ1) is 16.3. The summed E-state index contributed by atoms with van der Waals surface area (Å²) in [5.41, 5.74) is 8.68. The summed E-state index contributed by atoms with van der Waals surface area (Å²) < 4.78 is 24.2. The van der Waals surface area contributed by atoms with Crippen molar-refractivity contribution in [2.24, 2.45) is 11.1 Å². The van der Waals surface area contributed by atoms with Gasteiger partial charge in [-0.05, 0) is 40.8 Å². The third-order valence-corrected chi connectivity index (χ3v) is 4.50. The lowest BCUT2D eigenvalue weighted by Gasteiger charge is -2.26. The first-order valence-electron chi connectivity index (χ1n) is 7.74. The molecule has 0 spiro atoms. The molecule has 1 atom stereocenters. The molecule has 0 fully saturated rings. The molecule has 0 bridgehead atoms. The Morgan fingerprint density at radius 1 is 1.21 bits per heavy atom. The zero-order chi connectivity index (χ0) is 17.5. The molecule has 1 aliphatic carbocycles. The molecule has 24 heavy (non-hydrogen) atoms. The van der Waals surface area contributed by atoms with Crippen molar-refractivity contribution in [2.75, 3.05) is 7.11 Å². The zero-order valence-corrected chi connectivity index (χ0v) is 13.9. The number of rotatable bonds is 3. The summed E-state index contributed by atoms with van der Waals surface area (Å²) in [6.45, 7) is 4.07. The fourth-order valence-corrected chi connectivity index (χ4v) is 3.38. The number of carbonyl (C=O) groups is 1. The van der Waals surface area contributed by atoms with Gasteiger partial charge in [0.1, 0.15) is 6.10 Å². The van der Waals surface area contributed by atoms with Gasteiger partial charge in [-0.25, -0.2) is 9.18 Å². The van der Waals surface area contributed by atoms with Gasteiger partial charge in [0.2, 0.25) is 0 Å². The van der Waals surface area contributed by atoms with E-state index in [0.717, 1.165) is 28.7 Å². The van der Waals surface area contributed by atoms with Crippen LogP contribution in [0.25, 0.3) is 11.1 Å². The lowest BCUT2D eigenvalue weighted by molar-refractivity contribution is 0.0392. The Morgan fingerprint density at radius 2 is 1.88 bits per heavy atom. The van der Waals surface area contributed by atoms with Gasteiger partial charge in [0, 0.05) is 5.41 Å². The first-order chi connectivity index (χ1) is 11.3. The molecule has 0 heterocycles. The number of ether oxygens (including phenoxy) is 2. The number of amides is 1. The van der Waals surface area contributed by atoms with Crippen LogP contribution < -0.4 is 10.5 Å². The highest BCUT2D eigenvalue weighted by atomic mass is 19.1. The van der Waals surface area contributed by atoms with Gasteiger partial charge >= 0.3 is 6.09 Å². The van der Waals surface area contributed by atoms with Gasteiger partial charge in [-0.2, -0.15) is 0 Å². The number of carbonyl (C=O) groups excluding carboxylic acids is 1. The van der Waals surface area contributed by atoms with Gasteiger partial charge < -0.3 is 15.2 Å². The molecule has 0 aliphatic heterocycles. The fraction of sp³-hybridized carbons (Fsp3) is 0.316. The Bertz CT molecular complexity index is 801. The maximum Gasteiger partial charge on any atom is 0.405 e. The molecule has 0 aromatic heterocycles. The number of benzene rings is 2. The van der Waals surface area contributed by atoms with Gasteiger partial charge in [0.05, 0.1) is 7.11 Å². The minimum Gasteiger partial charge on any atom is -0.494 e. The van der Waals surface area contributed by atoms with E-state index in [1.54, 1.807) is 6.07 Å². The van der Waals surface area contributed by atoms with Crippen LogP contribution in [-0.2, 0) is 11.2 Å².